The third kappa shape index (κ3) is 2.62. The van der Waals surface area contributed by atoms with Crippen LogP contribution in [0.25, 0.3) is 15.5 Å². The molecular weight excluding hydrogens is 336 g/mol. The van der Waals surface area contributed by atoms with Crippen molar-refractivity contribution in [2.24, 2.45) is 0 Å². The minimum atomic E-state index is 0.271. The van der Waals surface area contributed by atoms with Gasteiger partial charge in [-0.15, -0.1) is 10.2 Å². The molecule has 7 heteroatoms. The van der Waals surface area contributed by atoms with Crippen molar-refractivity contribution >= 4 is 16.3 Å². The first-order valence-electron chi connectivity index (χ1n) is 8.02. The summed E-state index contributed by atoms with van der Waals surface area (Å²) < 4.78 is 12.6. The molecule has 3 heterocycles. The van der Waals surface area contributed by atoms with Crippen molar-refractivity contribution in [1.29, 1.82) is 0 Å². The molecule has 0 saturated heterocycles. The minimum absolute atomic E-state index is 0.271. The second-order valence-corrected chi connectivity index (χ2v) is 6.73. The zero-order valence-electron chi connectivity index (χ0n) is 13.3. The molecule has 4 aromatic rings. The summed E-state index contributed by atoms with van der Waals surface area (Å²) in [7, 11) is 0. The Hall–Kier alpha value is -2.93. The Kier molecular flexibility index (Phi) is 3.38. The van der Waals surface area contributed by atoms with Gasteiger partial charge in [0.15, 0.2) is 17.3 Å². The van der Waals surface area contributed by atoms with Gasteiger partial charge in [0, 0.05) is 12.0 Å². The third-order valence-electron chi connectivity index (χ3n) is 4.16. The maximum absolute atomic E-state index is 5.45. The second-order valence-electron chi connectivity index (χ2n) is 5.77. The van der Waals surface area contributed by atoms with Crippen molar-refractivity contribution in [3.63, 3.8) is 0 Å². The van der Waals surface area contributed by atoms with E-state index in [4.69, 9.17) is 14.6 Å². The van der Waals surface area contributed by atoms with E-state index in [0.29, 0.717) is 0 Å². The van der Waals surface area contributed by atoms with E-state index in [9.17, 15) is 0 Å². The number of hydrogen-bond acceptors (Lipinski definition) is 6. The molecule has 0 fully saturated rings. The van der Waals surface area contributed by atoms with E-state index in [0.717, 1.165) is 45.7 Å². The van der Waals surface area contributed by atoms with Gasteiger partial charge in [-0.3, -0.25) is 0 Å². The Balaban J connectivity index is 1.43. The molecule has 0 saturated carbocycles. The van der Waals surface area contributed by atoms with E-state index in [1.807, 2.05) is 28.8 Å². The summed E-state index contributed by atoms with van der Waals surface area (Å²) in [6.07, 6.45) is 1.72. The van der Waals surface area contributed by atoms with Gasteiger partial charge in [-0.2, -0.15) is 9.61 Å². The molecule has 0 amide bonds. The molecule has 0 spiro atoms. The molecule has 2 aromatic carbocycles. The molecule has 1 aliphatic rings. The van der Waals surface area contributed by atoms with Crippen LogP contribution in [0.15, 0.2) is 48.5 Å². The number of aromatic nitrogens is 4. The molecule has 25 heavy (non-hydrogen) atoms. The van der Waals surface area contributed by atoms with E-state index in [1.165, 1.54) is 16.9 Å². The highest BCUT2D eigenvalue weighted by Gasteiger charge is 2.17. The van der Waals surface area contributed by atoms with Crippen LogP contribution in [0.3, 0.4) is 0 Å². The van der Waals surface area contributed by atoms with Crippen LogP contribution in [-0.2, 0) is 12.8 Å². The molecule has 0 bridgehead atoms. The highest BCUT2D eigenvalue weighted by atomic mass is 32.1. The average Bonchev–Trinajstić information content (AvgIpc) is 3.36. The molecule has 0 atom stereocenters. The van der Waals surface area contributed by atoms with Crippen molar-refractivity contribution in [3.05, 3.63) is 59.9 Å². The molecule has 0 radical (unpaired) electrons. The Morgan fingerprint density at radius 3 is 2.76 bits per heavy atom. The molecule has 5 rings (SSSR count). The first-order valence-corrected chi connectivity index (χ1v) is 8.83. The van der Waals surface area contributed by atoms with Crippen LogP contribution in [0.2, 0.25) is 0 Å². The van der Waals surface area contributed by atoms with Crippen LogP contribution in [0, 0.1) is 0 Å². The normalized spacial score (nSPS) is 12.8. The number of hydrogen-bond donors (Lipinski definition) is 0. The average molecular weight is 350 g/mol. The lowest BCUT2D eigenvalue weighted by molar-refractivity contribution is 0.174. The lowest BCUT2D eigenvalue weighted by Crippen LogP contribution is -1.99. The van der Waals surface area contributed by atoms with Gasteiger partial charge in [0.05, 0.1) is 0 Å². The summed E-state index contributed by atoms with van der Waals surface area (Å²) in [4.78, 5) is 0.802. The molecule has 1 aliphatic heterocycles. The third-order valence-corrected chi connectivity index (χ3v) is 5.10. The fourth-order valence-electron chi connectivity index (χ4n) is 2.86. The number of nitrogens with zero attached hydrogens (tertiary/aromatic N) is 4. The maximum Gasteiger partial charge on any atom is 0.234 e. The van der Waals surface area contributed by atoms with Crippen LogP contribution in [0.4, 0.5) is 0 Å². The highest BCUT2D eigenvalue weighted by Crippen LogP contribution is 2.37. The molecule has 0 N–H and O–H groups in total. The van der Waals surface area contributed by atoms with Gasteiger partial charge in [0.2, 0.25) is 11.8 Å². The van der Waals surface area contributed by atoms with E-state index < -0.39 is 0 Å². The van der Waals surface area contributed by atoms with Crippen LogP contribution in [0.5, 0.6) is 11.5 Å². The van der Waals surface area contributed by atoms with Crippen LogP contribution in [0.1, 0.15) is 11.4 Å². The molecule has 6 nitrogen and oxygen atoms in total. The summed E-state index contributed by atoms with van der Waals surface area (Å²) in [5, 5.41) is 14.1. The second kappa shape index (κ2) is 5.86. The fraction of sp³-hybridized carbons (Fsp3) is 0.167. The Bertz CT molecular complexity index is 1040. The smallest absolute Gasteiger partial charge is 0.234 e. The molecule has 124 valence electrons. The van der Waals surface area contributed by atoms with Crippen molar-refractivity contribution in [3.8, 4) is 22.1 Å². The monoisotopic (exact) mass is 350 g/mol. The molecule has 0 unspecified atom stereocenters. The first-order chi connectivity index (χ1) is 12.4. The molecule has 2 aromatic heterocycles. The van der Waals surface area contributed by atoms with Gasteiger partial charge in [0.25, 0.3) is 0 Å². The van der Waals surface area contributed by atoms with Gasteiger partial charge >= 0.3 is 0 Å². The van der Waals surface area contributed by atoms with Gasteiger partial charge in [-0.25, -0.2) is 0 Å². The van der Waals surface area contributed by atoms with E-state index in [-0.39, 0.29) is 6.79 Å². The summed E-state index contributed by atoms with van der Waals surface area (Å²) in [6.45, 7) is 0.271. The van der Waals surface area contributed by atoms with Crippen molar-refractivity contribution in [1.82, 2.24) is 19.8 Å². The van der Waals surface area contributed by atoms with Crippen LogP contribution < -0.4 is 9.47 Å². The van der Waals surface area contributed by atoms with Gasteiger partial charge in [0.1, 0.15) is 5.01 Å². The summed E-state index contributed by atoms with van der Waals surface area (Å²) >= 11 is 1.52. The maximum atomic E-state index is 5.45. The SMILES string of the molecule is c1ccc(CCc2nnc3sc(-c4ccc5c(c4)OCO5)nn23)cc1. The topological polar surface area (TPSA) is 61.5 Å². The van der Waals surface area contributed by atoms with E-state index >= 15 is 0 Å². The number of aryl methyl sites for hydroxylation is 2. The van der Waals surface area contributed by atoms with Crippen molar-refractivity contribution in [2.45, 2.75) is 12.8 Å². The lowest BCUT2D eigenvalue weighted by atomic mass is 10.1. The van der Waals surface area contributed by atoms with E-state index in [1.54, 1.807) is 0 Å². The first kappa shape index (κ1) is 14.4. The lowest BCUT2D eigenvalue weighted by Gasteiger charge is -2.00. The number of benzene rings is 2. The zero-order valence-corrected chi connectivity index (χ0v) is 14.1. The zero-order chi connectivity index (χ0) is 16.6. The van der Waals surface area contributed by atoms with E-state index in [2.05, 4.69) is 34.5 Å². The largest absolute Gasteiger partial charge is 0.454 e. The standard InChI is InChI=1S/C18H14N4O2S/c1-2-4-12(5-3-1)6-9-16-19-20-18-22(16)21-17(25-18)13-7-8-14-15(10-13)24-11-23-14/h1-5,7-8,10H,6,9,11H2. The number of ether oxygens (including phenoxy) is 2. The quantitative estimate of drug-likeness (QED) is 0.565. The molecular formula is C18H14N4O2S. The van der Waals surface area contributed by atoms with Crippen molar-refractivity contribution < 1.29 is 9.47 Å². The van der Waals surface area contributed by atoms with Gasteiger partial charge < -0.3 is 9.47 Å². The van der Waals surface area contributed by atoms with Crippen LogP contribution in [-0.4, -0.2) is 26.6 Å². The fourth-order valence-corrected chi connectivity index (χ4v) is 3.71. The predicted octanol–water partition coefficient (Wildman–Crippen LogP) is 3.37. The van der Waals surface area contributed by atoms with Gasteiger partial charge in [-0.05, 0) is 30.2 Å². The Labute approximate surface area is 147 Å². The predicted molar refractivity (Wildman–Crippen MR) is 94.1 cm³/mol. The Morgan fingerprint density at radius 1 is 0.960 bits per heavy atom. The Morgan fingerprint density at radius 2 is 1.84 bits per heavy atom. The molecule has 0 aliphatic carbocycles. The summed E-state index contributed by atoms with van der Waals surface area (Å²) in [5.74, 6) is 2.41. The number of fused-ring (bicyclic) bond motifs is 2. The minimum Gasteiger partial charge on any atom is -0.454 e. The summed E-state index contributed by atoms with van der Waals surface area (Å²) in [6, 6.07) is 16.2. The van der Waals surface area contributed by atoms with Crippen LogP contribution >= 0.6 is 11.3 Å². The van der Waals surface area contributed by atoms with Gasteiger partial charge in [-0.1, -0.05) is 41.7 Å². The highest BCUT2D eigenvalue weighted by molar-refractivity contribution is 7.19. The number of rotatable bonds is 4. The summed E-state index contributed by atoms with van der Waals surface area (Å²) in [5.41, 5.74) is 2.28. The van der Waals surface area contributed by atoms with Crippen molar-refractivity contribution in [2.75, 3.05) is 6.79 Å².